The summed E-state index contributed by atoms with van der Waals surface area (Å²) < 4.78 is 31.9. The van der Waals surface area contributed by atoms with Gasteiger partial charge in [0.05, 0.1) is 0 Å². The lowest BCUT2D eigenvalue weighted by molar-refractivity contribution is 0.434. The number of rotatable bonds is 6. The summed E-state index contributed by atoms with van der Waals surface area (Å²) in [5, 5.41) is 3.33. The molecule has 1 aromatic heterocycles. The van der Waals surface area contributed by atoms with Gasteiger partial charge < -0.3 is 10.1 Å². The second kappa shape index (κ2) is 7.13. The predicted octanol–water partition coefficient (Wildman–Crippen LogP) is 4.21. The summed E-state index contributed by atoms with van der Waals surface area (Å²) in [5.74, 6) is -0.923. The second-order valence-electron chi connectivity index (χ2n) is 4.78. The lowest BCUT2D eigenvalue weighted by Crippen LogP contribution is -2.20. The first-order chi connectivity index (χ1) is 10.1. The normalized spacial score (nSPS) is 12.2. The predicted molar refractivity (Wildman–Crippen MR) is 77.4 cm³/mol. The molecule has 1 atom stereocenters. The molecule has 0 aliphatic carbocycles. The Morgan fingerprint density at radius 1 is 1.24 bits per heavy atom. The van der Waals surface area contributed by atoms with Crippen LogP contribution in [0.3, 0.4) is 0 Å². The second-order valence-corrected chi connectivity index (χ2v) is 4.78. The van der Waals surface area contributed by atoms with Crippen molar-refractivity contribution in [3.05, 3.63) is 53.7 Å². The average molecular weight is 292 g/mol. The molecule has 0 amide bonds. The zero-order valence-corrected chi connectivity index (χ0v) is 12.1. The molecule has 1 unspecified atom stereocenters. The molecule has 2 aromatic rings. The molecule has 2 rings (SSSR count). The lowest BCUT2D eigenvalue weighted by Gasteiger charge is -2.17. The van der Waals surface area contributed by atoms with Crippen molar-refractivity contribution >= 4 is 0 Å². The number of nitrogens with one attached hydrogen (secondary N) is 1. The smallest absolute Gasteiger partial charge is 0.223 e. The maximum absolute atomic E-state index is 13.2. The fourth-order valence-electron chi connectivity index (χ4n) is 1.99. The van der Waals surface area contributed by atoms with E-state index in [0.717, 1.165) is 36.7 Å². The minimum Gasteiger partial charge on any atom is -0.438 e. The van der Waals surface area contributed by atoms with Gasteiger partial charge in [0, 0.05) is 36.0 Å². The summed E-state index contributed by atoms with van der Waals surface area (Å²) in [7, 11) is 0. The lowest BCUT2D eigenvalue weighted by atomic mass is 10.1. The van der Waals surface area contributed by atoms with Gasteiger partial charge >= 0.3 is 0 Å². The summed E-state index contributed by atoms with van der Waals surface area (Å²) in [4.78, 5) is 4.16. The topological polar surface area (TPSA) is 34.2 Å². The Hall–Kier alpha value is -2.01. The van der Waals surface area contributed by atoms with E-state index in [1.165, 1.54) is 0 Å². The summed E-state index contributed by atoms with van der Waals surface area (Å²) in [6.07, 6.45) is 2.59. The maximum atomic E-state index is 13.2. The molecular weight excluding hydrogens is 274 g/mol. The molecule has 0 saturated carbocycles. The van der Waals surface area contributed by atoms with E-state index in [9.17, 15) is 8.78 Å². The van der Waals surface area contributed by atoms with Crippen LogP contribution in [0.1, 0.15) is 31.9 Å². The highest BCUT2D eigenvalue weighted by atomic mass is 19.1. The Bertz CT molecular complexity index is 584. The quantitative estimate of drug-likeness (QED) is 0.866. The third-order valence-electron chi connectivity index (χ3n) is 3.02. The van der Waals surface area contributed by atoms with E-state index in [4.69, 9.17) is 4.74 Å². The Morgan fingerprint density at radius 2 is 1.95 bits per heavy atom. The Labute approximate surface area is 123 Å². The van der Waals surface area contributed by atoms with Gasteiger partial charge in [0.15, 0.2) is 0 Å². The van der Waals surface area contributed by atoms with Crippen molar-refractivity contribution in [3.63, 3.8) is 0 Å². The number of ether oxygens (including phenoxy) is 1. The molecule has 0 bridgehead atoms. The molecule has 1 N–H and O–H groups in total. The van der Waals surface area contributed by atoms with Crippen molar-refractivity contribution in [1.82, 2.24) is 10.3 Å². The van der Waals surface area contributed by atoms with Gasteiger partial charge in [-0.1, -0.05) is 13.0 Å². The molecule has 0 fully saturated rings. The molecule has 0 spiro atoms. The number of nitrogens with zero attached hydrogens (tertiary/aromatic N) is 1. The van der Waals surface area contributed by atoms with Gasteiger partial charge in [-0.25, -0.2) is 13.8 Å². The zero-order chi connectivity index (χ0) is 15.2. The van der Waals surface area contributed by atoms with Crippen LogP contribution in [0, 0.1) is 11.6 Å². The van der Waals surface area contributed by atoms with Gasteiger partial charge in [-0.15, -0.1) is 0 Å². The molecule has 3 nitrogen and oxygen atoms in total. The van der Waals surface area contributed by atoms with Crippen LogP contribution in [0.25, 0.3) is 0 Å². The third-order valence-corrected chi connectivity index (χ3v) is 3.02. The Kier molecular flexibility index (Phi) is 5.22. The monoisotopic (exact) mass is 292 g/mol. The SMILES string of the molecule is CCCNC(C)c1cccnc1Oc1cc(F)cc(F)c1. The van der Waals surface area contributed by atoms with E-state index in [1.54, 1.807) is 12.3 Å². The van der Waals surface area contributed by atoms with E-state index in [-0.39, 0.29) is 11.8 Å². The van der Waals surface area contributed by atoms with Crippen molar-refractivity contribution in [2.24, 2.45) is 0 Å². The molecule has 0 aliphatic rings. The number of hydrogen-bond acceptors (Lipinski definition) is 3. The first-order valence-electron chi connectivity index (χ1n) is 6.92. The minimum atomic E-state index is -0.681. The number of halogens is 2. The summed E-state index contributed by atoms with van der Waals surface area (Å²) in [6, 6.07) is 6.78. The van der Waals surface area contributed by atoms with E-state index in [2.05, 4.69) is 17.2 Å². The number of benzene rings is 1. The number of pyridine rings is 1. The van der Waals surface area contributed by atoms with Crippen LogP contribution in [0.2, 0.25) is 0 Å². The van der Waals surface area contributed by atoms with Crippen LogP contribution >= 0.6 is 0 Å². The van der Waals surface area contributed by atoms with Gasteiger partial charge in [-0.05, 0) is 26.0 Å². The van der Waals surface area contributed by atoms with Gasteiger partial charge in [-0.3, -0.25) is 0 Å². The van der Waals surface area contributed by atoms with Crippen molar-refractivity contribution in [1.29, 1.82) is 0 Å². The highest BCUT2D eigenvalue weighted by molar-refractivity contribution is 5.34. The first kappa shape index (κ1) is 15.4. The van der Waals surface area contributed by atoms with Gasteiger partial charge in [0.25, 0.3) is 0 Å². The van der Waals surface area contributed by atoms with Gasteiger partial charge in [-0.2, -0.15) is 0 Å². The van der Waals surface area contributed by atoms with Crippen molar-refractivity contribution in [3.8, 4) is 11.6 Å². The maximum Gasteiger partial charge on any atom is 0.223 e. The number of aromatic nitrogens is 1. The molecule has 1 aromatic carbocycles. The van der Waals surface area contributed by atoms with Crippen molar-refractivity contribution in [2.45, 2.75) is 26.3 Å². The number of hydrogen-bond donors (Lipinski definition) is 1. The molecule has 112 valence electrons. The molecule has 0 saturated heterocycles. The molecule has 0 radical (unpaired) electrons. The van der Waals surface area contributed by atoms with Crippen LogP contribution in [0.4, 0.5) is 8.78 Å². The minimum absolute atomic E-state index is 0.0343. The van der Waals surface area contributed by atoms with Crippen molar-refractivity contribution in [2.75, 3.05) is 6.54 Å². The standard InChI is InChI=1S/C16H18F2N2O/c1-3-6-19-11(2)15-5-4-7-20-16(15)21-14-9-12(17)8-13(18)10-14/h4-5,7-11,19H,3,6H2,1-2H3. The highest BCUT2D eigenvalue weighted by Gasteiger charge is 2.13. The van der Waals surface area contributed by atoms with Crippen LogP contribution in [0.5, 0.6) is 11.6 Å². The molecule has 1 heterocycles. The van der Waals surface area contributed by atoms with Crippen molar-refractivity contribution < 1.29 is 13.5 Å². The van der Waals surface area contributed by atoms with Crippen LogP contribution in [-0.4, -0.2) is 11.5 Å². The highest BCUT2D eigenvalue weighted by Crippen LogP contribution is 2.28. The van der Waals surface area contributed by atoms with Crippen LogP contribution in [-0.2, 0) is 0 Å². The fraction of sp³-hybridized carbons (Fsp3) is 0.312. The summed E-state index contributed by atoms with van der Waals surface area (Å²) >= 11 is 0. The average Bonchev–Trinajstić information content (AvgIpc) is 2.44. The van der Waals surface area contributed by atoms with Gasteiger partial charge in [0.2, 0.25) is 5.88 Å². The molecule has 5 heteroatoms. The molecule has 21 heavy (non-hydrogen) atoms. The largest absolute Gasteiger partial charge is 0.438 e. The van der Waals surface area contributed by atoms with E-state index < -0.39 is 11.6 Å². The summed E-state index contributed by atoms with van der Waals surface area (Å²) in [6.45, 7) is 4.94. The van der Waals surface area contributed by atoms with Crippen LogP contribution < -0.4 is 10.1 Å². The molecular formula is C16H18F2N2O. The first-order valence-corrected chi connectivity index (χ1v) is 6.92. The third kappa shape index (κ3) is 4.23. The Balaban J connectivity index is 2.23. The van der Waals surface area contributed by atoms with E-state index in [0.29, 0.717) is 5.88 Å². The van der Waals surface area contributed by atoms with Gasteiger partial charge in [0.1, 0.15) is 17.4 Å². The van der Waals surface area contributed by atoms with E-state index >= 15 is 0 Å². The molecule has 0 aliphatic heterocycles. The zero-order valence-electron chi connectivity index (χ0n) is 12.1. The Morgan fingerprint density at radius 3 is 2.62 bits per heavy atom. The van der Waals surface area contributed by atoms with Crippen LogP contribution in [0.15, 0.2) is 36.5 Å². The summed E-state index contributed by atoms with van der Waals surface area (Å²) in [5.41, 5.74) is 0.843. The van der Waals surface area contributed by atoms with E-state index in [1.807, 2.05) is 13.0 Å². The fourth-order valence-corrected chi connectivity index (χ4v) is 1.99.